The zero-order chi connectivity index (χ0) is 14.8. The van der Waals surface area contributed by atoms with E-state index in [1.54, 1.807) is 12.1 Å². The summed E-state index contributed by atoms with van der Waals surface area (Å²) >= 11 is 5.87. The Labute approximate surface area is 117 Å². The standard InChI is InChI=1S/C11H16ClNO5S/c1-7(14)13(8(2)19(15,16)17)10-6-9(12)4-5-11(10)18-3/h4-8,14H,1-3H3,(H,15,16,17). The summed E-state index contributed by atoms with van der Waals surface area (Å²) in [7, 11) is -2.96. The number of rotatable bonds is 5. The van der Waals surface area contributed by atoms with Gasteiger partial charge in [0.2, 0.25) is 0 Å². The summed E-state index contributed by atoms with van der Waals surface area (Å²) in [4.78, 5) is 1.10. The Morgan fingerprint density at radius 3 is 2.37 bits per heavy atom. The first-order chi connectivity index (χ1) is 8.68. The minimum absolute atomic E-state index is 0.273. The Hall–Kier alpha value is -1.02. The van der Waals surface area contributed by atoms with Crippen LogP contribution in [0.5, 0.6) is 5.75 Å². The first kappa shape index (κ1) is 16.0. The number of benzene rings is 1. The largest absolute Gasteiger partial charge is 0.495 e. The second-order valence-corrected chi connectivity index (χ2v) is 6.12. The lowest BCUT2D eigenvalue weighted by molar-refractivity contribution is 0.183. The topological polar surface area (TPSA) is 87.1 Å². The number of aliphatic hydroxyl groups excluding tert-OH is 1. The minimum atomic E-state index is -4.37. The van der Waals surface area contributed by atoms with Crippen LogP contribution in [0.2, 0.25) is 5.02 Å². The van der Waals surface area contributed by atoms with Gasteiger partial charge >= 0.3 is 0 Å². The molecule has 1 aromatic rings. The van der Waals surface area contributed by atoms with Crippen molar-refractivity contribution in [3.8, 4) is 5.75 Å². The van der Waals surface area contributed by atoms with Gasteiger partial charge in [0.1, 0.15) is 12.0 Å². The van der Waals surface area contributed by atoms with Crippen molar-refractivity contribution in [3.63, 3.8) is 0 Å². The maximum atomic E-state index is 11.3. The fourth-order valence-electron chi connectivity index (χ4n) is 1.71. The molecule has 19 heavy (non-hydrogen) atoms. The number of hydrogen-bond donors (Lipinski definition) is 2. The Balaban J connectivity index is 3.39. The molecule has 0 aromatic heterocycles. The van der Waals surface area contributed by atoms with E-state index in [1.165, 1.54) is 27.0 Å². The quantitative estimate of drug-likeness (QED) is 0.636. The lowest BCUT2D eigenvalue weighted by Crippen LogP contribution is -2.44. The molecule has 1 aromatic carbocycles. The summed E-state index contributed by atoms with van der Waals surface area (Å²) in [6, 6.07) is 4.57. The highest BCUT2D eigenvalue weighted by Crippen LogP contribution is 2.34. The third kappa shape index (κ3) is 3.73. The van der Waals surface area contributed by atoms with Crippen molar-refractivity contribution in [2.75, 3.05) is 12.0 Å². The molecule has 0 saturated heterocycles. The smallest absolute Gasteiger partial charge is 0.286 e. The summed E-state index contributed by atoms with van der Waals surface area (Å²) in [5.41, 5.74) is 0.273. The number of halogens is 1. The van der Waals surface area contributed by atoms with Crippen molar-refractivity contribution in [1.82, 2.24) is 0 Å². The number of hydrogen-bond acceptors (Lipinski definition) is 5. The number of aliphatic hydroxyl groups is 1. The summed E-state index contributed by atoms with van der Waals surface area (Å²) < 4.78 is 36.8. The third-order valence-corrected chi connectivity index (χ3v) is 3.97. The van der Waals surface area contributed by atoms with Crippen LogP contribution in [0.4, 0.5) is 5.69 Å². The second kappa shape index (κ2) is 5.96. The number of methoxy groups -OCH3 is 1. The molecule has 0 saturated carbocycles. The molecule has 2 unspecified atom stereocenters. The Kier molecular flexibility index (Phi) is 5.03. The summed E-state index contributed by atoms with van der Waals surface area (Å²) in [5, 5.41) is 8.77. The van der Waals surface area contributed by atoms with E-state index >= 15 is 0 Å². The highest BCUT2D eigenvalue weighted by atomic mass is 35.5. The maximum Gasteiger partial charge on any atom is 0.286 e. The van der Waals surface area contributed by atoms with Crippen LogP contribution in [0.1, 0.15) is 13.8 Å². The molecule has 2 atom stereocenters. The van der Waals surface area contributed by atoms with Gasteiger partial charge in [0.05, 0.1) is 12.8 Å². The molecule has 0 aliphatic carbocycles. The van der Waals surface area contributed by atoms with Crippen molar-refractivity contribution >= 4 is 27.4 Å². The molecule has 0 heterocycles. The molecular weight excluding hydrogens is 294 g/mol. The van der Waals surface area contributed by atoms with Crippen LogP contribution in [-0.4, -0.2) is 36.8 Å². The van der Waals surface area contributed by atoms with Crippen LogP contribution >= 0.6 is 11.6 Å². The van der Waals surface area contributed by atoms with Crippen molar-refractivity contribution < 1.29 is 22.8 Å². The maximum absolute atomic E-state index is 11.3. The van der Waals surface area contributed by atoms with Gasteiger partial charge < -0.3 is 14.7 Å². The van der Waals surface area contributed by atoms with Crippen molar-refractivity contribution in [2.24, 2.45) is 0 Å². The van der Waals surface area contributed by atoms with Crippen LogP contribution in [0.3, 0.4) is 0 Å². The first-order valence-electron chi connectivity index (χ1n) is 5.44. The van der Waals surface area contributed by atoms with Crippen LogP contribution < -0.4 is 9.64 Å². The fraction of sp³-hybridized carbons (Fsp3) is 0.455. The predicted octanol–water partition coefficient (Wildman–Crippen LogP) is 1.73. The normalized spacial score (nSPS) is 14.8. The van der Waals surface area contributed by atoms with E-state index in [2.05, 4.69) is 0 Å². The molecule has 0 aliphatic heterocycles. The summed E-state index contributed by atoms with van der Waals surface area (Å²) in [6.07, 6.45) is -1.16. The van der Waals surface area contributed by atoms with Gasteiger partial charge in [-0.05, 0) is 32.0 Å². The van der Waals surface area contributed by atoms with Gasteiger partial charge in [-0.1, -0.05) is 11.6 Å². The van der Waals surface area contributed by atoms with E-state index in [0.717, 1.165) is 4.90 Å². The van der Waals surface area contributed by atoms with E-state index in [-0.39, 0.29) is 5.69 Å². The SMILES string of the molecule is COc1ccc(Cl)cc1N(C(C)O)C(C)S(=O)(=O)O. The zero-order valence-electron chi connectivity index (χ0n) is 10.7. The Morgan fingerprint density at radius 1 is 1.37 bits per heavy atom. The van der Waals surface area contributed by atoms with Crippen LogP contribution in [0, 0.1) is 0 Å². The number of ether oxygens (including phenoxy) is 1. The minimum Gasteiger partial charge on any atom is -0.495 e. The highest BCUT2D eigenvalue weighted by Gasteiger charge is 2.30. The predicted molar refractivity (Wildman–Crippen MR) is 73.2 cm³/mol. The first-order valence-corrected chi connectivity index (χ1v) is 7.33. The lowest BCUT2D eigenvalue weighted by atomic mass is 10.2. The van der Waals surface area contributed by atoms with E-state index < -0.39 is 21.7 Å². The van der Waals surface area contributed by atoms with Gasteiger partial charge in [-0.15, -0.1) is 0 Å². The summed E-state index contributed by atoms with van der Waals surface area (Å²) in [5.74, 6) is 0.334. The van der Waals surface area contributed by atoms with Crippen molar-refractivity contribution in [3.05, 3.63) is 23.2 Å². The molecule has 0 spiro atoms. The Bertz CT molecular complexity index is 546. The molecule has 0 aliphatic rings. The van der Waals surface area contributed by atoms with Gasteiger partial charge in [-0.3, -0.25) is 4.55 Å². The molecule has 1 rings (SSSR count). The Morgan fingerprint density at radius 2 is 1.95 bits per heavy atom. The van der Waals surface area contributed by atoms with E-state index in [4.69, 9.17) is 20.9 Å². The van der Waals surface area contributed by atoms with Crippen molar-refractivity contribution in [1.29, 1.82) is 0 Å². The molecule has 0 bridgehead atoms. The van der Waals surface area contributed by atoms with Gasteiger partial charge in [-0.2, -0.15) is 8.42 Å². The highest BCUT2D eigenvalue weighted by molar-refractivity contribution is 7.86. The fourth-order valence-corrected chi connectivity index (χ4v) is 2.45. The number of nitrogens with zero attached hydrogens (tertiary/aromatic N) is 1. The molecular formula is C11H16ClNO5S. The third-order valence-electron chi connectivity index (χ3n) is 2.64. The number of anilines is 1. The molecule has 108 valence electrons. The molecule has 6 nitrogen and oxygen atoms in total. The van der Waals surface area contributed by atoms with E-state index in [1.807, 2.05) is 0 Å². The van der Waals surface area contributed by atoms with Gasteiger partial charge in [-0.25, -0.2) is 0 Å². The monoisotopic (exact) mass is 309 g/mol. The van der Waals surface area contributed by atoms with Gasteiger partial charge in [0, 0.05) is 5.02 Å². The van der Waals surface area contributed by atoms with Gasteiger partial charge in [0.25, 0.3) is 10.1 Å². The molecule has 0 fully saturated rings. The molecule has 8 heteroatoms. The molecule has 0 amide bonds. The van der Waals surface area contributed by atoms with Crippen LogP contribution in [-0.2, 0) is 10.1 Å². The average molecular weight is 310 g/mol. The van der Waals surface area contributed by atoms with Gasteiger partial charge in [0.15, 0.2) is 5.37 Å². The van der Waals surface area contributed by atoms with Crippen LogP contribution in [0.25, 0.3) is 0 Å². The lowest BCUT2D eigenvalue weighted by Gasteiger charge is -2.32. The second-order valence-electron chi connectivity index (χ2n) is 3.97. The molecule has 2 N–H and O–H groups in total. The summed E-state index contributed by atoms with van der Waals surface area (Å²) in [6.45, 7) is 2.63. The average Bonchev–Trinajstić information content (AvgIpc) is 2.27. The zero-order valence-corrected chi connectivity index (χ0v) is 12.3. The van der Waals surface area contributed by atoms with Crippen molar-refractivity contribution in [2.45, 2.75) is 25.4 Å². The van der Waals surface area contributed by atoms with E-state index in [9.17, 15) is 13.5 Å². The van der Waals surface area contributed by atoms with E-state index in [0.29, 0.717) is 10.8 Å². The van der Waals surface area contributed by atoms with Crippen LogP contribution in [0.15, 0.2) is 18.2 Å². The molecule has 0 radical (unpaired) electrons.